The molecule has 1 rings (SSSR count). The molecule has 0 radical (unpaired) electrons. The van der Waals surface area contributed by atoms with E-state index in [1.54, 1.807) is 6.07 Å². The fraction of sp³-hybridized carbons (Fsp3) is 0. The van der Waals surface area contributed by atoms with Crippen molar-refractivity contribution in [1.29, 1.82) is 0 Å². The van der Waals surface area contributed by atoms with Gasteiger partial charge in [0.05, 0.1) is 5.00 Å². The van der Waals surface area contributed by atoms with Gasteiger partial charge in [0.15, 0.2) is 0 Å². The number of amides is 1. The Labute approximate surface area is 67.2 Å². The molecular formula is C6H6N2O2S. The third-order valence-corrected chi connectivity index (χ3v) is 1.73. The first kappa shape index (κ1) is 7.74. The van der Waals surface area contributed by atoms with E-state index in [9.17, 15) is 4.79 Å². The van der Waals surface area contributed by atoms with E-state index in [0.29, 0.717) is 0 Å². The highest BCUT2D eigenvalue weighted by molar-refractivity contribution is 7.14. The van der Waals surface area contributed by atoms with Gasteiger partial charge in [-0.05, 0) is 17.5 Å². The van der Waals surface area contributed by atoms with Gasteiger partial charge in [-0.3, -0.25) is 4.79 Å². The number of nitrogens with one attached hydrogen (secondary N) is 1. The van der Waals surface area contributed by atoms with E-state index in [1.807, 2.05) is 11.4 Å². The van der Waals surface area contributed by atoms with E-state index in [4.69, 9.17) is 5.21 Å². The molecule has 4 nitrogen and oxygen atoms in total. The fourth-order valence-corrected chi connectivity index (χ4v) is 1.18. The average Bonchev–Trinajstić information content (AvgIpc) is 2.40. The molecule has 0 spiro atoms. The predicted molar refractivity (Wildman–Crippen MR) is 43.2 cm³/mol. The third-order valence-electron chi connectivity index (χ3n) is 0.943. The quantitative estimate of drug-likeness (QED) is 0.397. The number of thiophene rings is 1. The first-order chi connectivity index (χ1) is 5.33. The zero-order valence-corrected chi connectivity index (χ0v) is 6.34. The van der Waals surface area contributed by atoms with Crippen molar-refractivity contribution in [3.63, 3.8) is 0 Å². The lowest BCUT2D eigenvalue weighted by Gasteiger charge is -1.93. The Balaban J connectivity index is 2.50. The summed E-state index contributed by atoms with van der Waals surface area (Å²) in [5.41, 5.74) is 0. The maximum Gasteiger partial charge on any atom is 0.270 e. The summed E-state index contributed by atoms with van der Waals surface area (Å²) >= 11 is 1.40. The largest absolute Gasteiger partial charge is 0.411 e. The van der Waals surface area contributed by atoms with Crippen LogP contribution in [-0.4, -0.2) is 17.3 Å². The van der Waals surface area contributed by atoms with Crippen LogP contribution in [0.5, 0.6) is 0 Å². The zero-order valence-electron chi connectivity index (χ0n) is 5.52. The summed E-state index contributed by atoms with van der Waals surface area (Å²) in [6.07, 6.45) is 0.805. The van der Waals surface area contributed by atoms with Gasteiger partial charge in [-0.1, -0.05) is 5.16 Å². The molecule has 0 saturated heterocycles. The summed E-state index contributed by atoms with van der Waals surface area (Å²) in [5.74, 6) is -0.435. The first-order valence-electron chi connectivity index (χ1n) is 2.85. The summed E-state index contributed by atoms with van der Waals surface area (Å²) in [6.45, 7) is 0. The Morgan fingerprint density at radius 3 is 3.18 bits per heavy atom. The molecule has 58 valence electrons. The summed E-state index contributed by atoms with van der Waals surface area (Å²) in [7, 11) is 0. The van der Waals surface area contributed by atoms with E-state index >= 15 is 0 Å². The van der Waals surface area contributed by atoms with E-state index in [2.05, 4.69) is 10.5 Å². The second-order valence-electron chi connectivity index (χ2n) is 1.71. The van der Waals surface area contributed by atoms with Gasteiger partial charge in [-0.2, -0.15) is 0 Å². The van der Waals surface area contributed by atoms with Crippen molar-refractivity contribution >= 4 is 28.5 Å². The molecule has 0 bridgehead atoms. The fourth-order valence-electron chi connectivity index (χ4n) is 0.556. The van der Waals surface area contributed by atoms with Crippen LogP contribution in [-0.2, 0) is 4.79 Å². The minimum Gasteiger partial charge on any atom is -0.411 e. The molecule has 0 aromatic carbocycles. The lowest BCUT2D eigenvalue weighted by molar-refractivity contribution is -0.110. The van der Waals surface area contributed by atoms with E-state index in [1.165, 1.54) is 11.3 Å². The molecule has 2 N–H and O–H groups in total. The van der Waals surface area contributed by atoms with Crippen molar-refractivity contribution in [3.8, 4) is 0 Å². The van der Waals surface area contributed by atoms with Gasteiger partial charge in [0, 0.05) is 0 Å². The average molecular weight is 170 g/mol. The van der Waals surface area contributed by atoms with E-state index in [-0.39, 0.29) is 0 Å². The maximum absolute atomic E-state index is 10.7. The Kier molecular flexibility index (Phi) is 2.62. The van der Waals surface area contributed by atoms with E-state index in [0.717, 1.165) is 11.2 Å². The number of anilines is 1. The number of oxime groups is 1. The number of rotatable bonds is 2. The Bertz CT molecular complexity index is 256. The van der Waals surface area contributed by atoms with Gasteiger partial charge in [0.1, 0.15) is 6.21 Å². The molecule has 11 heavy (non-hydrogen) atoms. The van der Waals surface area contributed by atoms with Crippen LogP contribution in [0.3, 0.4) is 0 Å². The van der Waals surface area contributed by atoms with Crippen molar-refractivity contribution in [3.05, 3.63) is 17.5 Å². The minimum atomic E-state index is -0.435. The smallest absolute Gasteiger partial charge is 0.270 e. The Hall–Kier alpha value is -1.36. The molecule has 0 aliphatic rings. The molecule has 0 aliphatic heterocycles. The minimum absolute atomic E-state index is 0.435. The first-order valence-corrected chi connectivity index (χ1v) is 3.73. The highest BCUT2D eigenvalue weighted by atomic mass is 32.1. The monoisotopic (exact) mass is 170 g/mol. The Morgan fingerprint density at radius 2 is 2.64 bits per heavy atom. The SMILES string of the molecule is O=C(C=NO)Nc1cccs1. The highest BCUT2D eigenvalue weighted by Gasteiger charge is 1.97. The van der Waals surface area contributed by atoms with Gasteiger partial charge in [0.25, 0.3) is 5.91 Å². The van der Waals surface area contributed by atoms with Gasteiger partial charge >= 0.3 is 0 Å². The summed E-state index contributed by atoms with van der Waals surface area (Å²) in [6, 6.07) is 3.57. The number of hydrogen-bond acceptors (Lipinski definition) is 4. The summed E-state index contributed by atoms with van der Waals surface area (Å²) in [5, 5.41) is 15.6. The zero-order chi connectivity index (χ0) is 8.10. The van der Waals surface area contributed by atoms with Crippen LogP contribution in [0.25, 0.3) is 0 Å². The number of carbonyl (C=O) groups excluding carboxylic acids is 1. The topological polar surface area (TPSA) is 61.7 Å². The van der Waals surface area contributed by atoms with Gasteiger partial charge in [0.2, 0.25) is 0 Å². The normalized spacial score (nSPS) is 10.2. The predicted octanol–water partition coefficient (Wildman–Crippen LogP) is 1.15. The second-order valence-corrected chi connectivity index (χ2v) is 2.66. The number of carbonyl (C=O) groups is 1. The molecular weight excluding hydrogens is 164 g/mol. The Morgan fingerprint density at radius 1 is 1.82 bits per heavy atom. The van der Waals surface area contributed by atoms with Crippen LogP contribution in [0.2, 0.25) is 0 Å². The lowest BCUT2D eigenvalue weighted by atomic mass is 10.6. The van der Waals surface area contributed by atoms with Crippen molar-refractivity contribution < 1.29 is 10.0 Å². The summed E-state index contributed by atoms with van der Waals surface area (Å²) in [4.78, 5) is 10.7. The molecule has 0 fully saturated rings. The van der Waals surface area contributed by atoms with Crippen LogP contribution < -0.4 is 5.32 Å². The van der Waals surface area contributed by atoms with Gasteiger partial charge in [-0.25, -0.2) is 0 Å². The highest BCUT2D eigenvalue weighted by Crippen LogP contribution is 2.13. The molecule has 0 aliphatic carbocycles. The van der Waals surface area contributed by atoms with Gasteiger partial charge < -0.3 is 10.5 Å². The van der Waals surface area contributed by atoms with Crippen LogP contribution in [0.15, 0.2) is 22.7 Å². The molecule has 1 heterocycles. The molecule has 0 saturated carbocycles. The number of hydrogen-bond donors (Lipinski definition) is 2. The molecule has 1 aromatic rings. The van der Waals surface area contributed by atoms with Crippen molar-refractivity contribution in [2.24, 2.45) is 5.16 Å². The third kappa shape index (κ3) is 2.38. The van der Waals surface area contributed by atoms with Crippen LogP contribution >= 0.6 is 11.3 Å². The molecule has 1 aromatic heterocycles. The second kappa shape index (κ2) is 3.72. The summed E-state index contributed by atoms with van der Waals surface area (Å²) < 4.78 is 0. The molecule has 5 heteroatoms. The van der Waals surface area contributed by atoms with Crippen LogP contribution in [0.4, 0.5) is 5.00 Å². The van der Waals surface area contributed by atoms with Gasteiger partial charge in [-0.15, -0.1) is 11.3 Å². The van der Waals surface area contributed by atoms with E-state index < -0.39 is 5.91 Å². The molecule has 1 amide bonds. The lowest BCUT2D eigenvalue weighted by Crippen LogP contribution is -2.11. The van der Waals surface area contributed by atoms with Crippen LogP contribution in [0.1, 0.15) is 0 Å². The van der Waals surface area contributed by atoms with Crippen molar-refractivity contribution in [1.82, 2.24) is 0 Å². The standard InChI is InChI=1S/C6H6N2O2S/c9-5(4-7-10)8-6-2-1-3-11-6/h1-4,10H,(H,8,9). The molecule has 0 unspecified atom stereocenters. The van der Waals surface area contributed by atoms with Crippen LogP contribution in [0, 0.1) is 0 Å². The van der Waals surface area contributed by atoms with Crippen molar-refractivity contribution in [2.45, 2.75) is 0 Å². The van der Waals surface area contributed by atoms with Crippen molar-refractivity contribution in [2.75, 3.05) is 5.32 Å². The molecule has 0 atom stereocenters. The number of nitrogens with zero attached hydrogens (tertiary/aromatic N) is 1. The maximum atomic E-state index is 10.7.